The third-order valence-corrected chi connectivity index (χ3v) is 6.28. The topological polar surface area (TPSA) is 80.2 Å². The van der Waals surface area contributed by atoms with E-state index in [9.17, 15) is 4.79 Å². The van der Waals surface area contributed by atoms with Gasteiger partial charge in [-0.1, -0.05) is 11.6 Å². The van der Waals surface area contributed by atoms with E-state index in [-0.39, 0.29) is 17.9 Å². The van der Waals surface area contributed by atoms with Crippen LogP contribution in [0.2, 0.25) is 5.15 Å². The molecule has 2 fully saturated rings. The Morgan fingerprint density at radius 1 is 1.16 bits per heavy atom. The molecule has 0 aliphatic carbocycles. The predicted octanol–water partition coefficient (Wildman–Crippen LogP) is 3.47. The monoisotopic (exact) mass is 437 g/mol. The van der Waals surface area contributed by atoms with Crippen molar-refractivity contribution in [1.29, 1.82) is 0 Å². The molecule has 160 valence electrons. The van der Waals surface area contributed by atoms with Crippen molar-refractivity contribution in [2.24, 2.45) is 5.92 Å². The Balaban J connectivity index is 1.38. The number of ether oxygens (including phenoxy) is 1. The summed E-state index contributed by atoms with van der Waals surface area (Å²) in [6, 6.07) is 7.91. The molecule has 7 nitrogen and oxygen atoms in total. The van der Waals surface area contributed by atoms with Gasteiger partial charge in [-0.3, -0.25) is 9.78 Å². The van der Waals surface area contributed by atoms with Gasteiger partial charge in [0.15, 0.2) is 0 Å². The molecular formula is C23H24ClN5O2. The van der Waals surface area contributed by atoms with Crippen LogP contribution in [0.3, 0.4) is 0 Å². The second kappa shape index (κ2) is 8.77. The van der Waals surface area contributed by atoms with Crippen LogP contribution in [0.25, 0.3) is 22.0 Å². The Kier molecular flexibility index (Phi) is 5.70. The van der Waals surface area contributed by atoms with Crippen LogP contribution >= 0.6 is 11.6 Å². The molecule has 2 aliphatic rings. The smallest absolute Gasteiger partial charge is 0.223 e. The first-order chi connectivity index (χ1) is 15.2. The third kappa shape index (κ3) is 4.34. The minimum Gasteiger partial charge on any atom is -0.379 e. The van der Waals surface area contributed by atoms with E-state index in [1.54, 1.807) is 12.4 Å². The molecule has 8 heteroatoms. The summed E-state index contributed by atoms with van der Waals surface area (Å²) in [5.74, 6) is 1.11. The van der Waals surface area contributed by atoms with Crippen LogP contribution in [0.15, 0.2) is 42.9 Å². The molecule has 0 aromatic carbocycles. The van der Waals surface area contributed by atoms with E-state index in [1.807, 2.05) is 30.5 Å². The summed E-state index contributed by atoms with van der Waals surface area (Å²) in [6.45, 7) is 2.92. The molecular weight excluding hydrogens is 414 g/mol. The van der Waals surface area contributed by atoms with Gasteiger partial charge in [0.05, 0.1) is 18.3 Å². The van der Waals surface area contributed by atoms with Crippen LogP contribution in [-0.2, 0) is 9.53 Å². The highest BCUT2D eigenvalue weighted by Gasteiger charge is 2.29. The zero-order chi connectivity index (χ0) is 21.2. The molecule has 2 saturated heterocycles. The van der Waals surface area contributed by atoms with Crippen LogP contribution in [0.1, 0.15) is 19.3 Å². The molecule has 1 amide bonds. The summed E-state index contributed by atoms with van der Waals surface area (Å²) in [7, 11) is 0. The number of amides is 1. The number of anilines is 1. The quantitative estimate of drug-likeness (QED) is 0.629. The fraction of sp³-hybridized carbons (Fsp3) is 0.391. The molecule has 5 rings (SSSR count). The lowest BCUT2D eigenvalue weighted by atomic mass is 9.95. The van der Waals surface area contributed by atoms with Crippen molar-refractivity contribution in [3.8, 4) is 11.3 Å². The Morgan fingerprint density at radius 3 is 2.81 bits per heavy atom. The van der Waals surface area contributed by atoms with Crippen LogP contribution in [0.4, 0.5) is 5.82 Å². The van der Waals surface area contributed by atoms with E-state index in [0.29, 0.717) is 11.8 Å². The number of nitrogens with one attached hydrogen (secondary N) is 1. The molecule has 0 bridgehead atoms. The minimum absolute atomic E-state index is 0.0342. The Labute approximate surface area is 185 Å². The van der Waals surface area contributed by atoms with Crippen molar-refractivity contribution in [2.45, 2.75) is 25.3 Å². The number of fused-ring (bicyclic) bond motifs is 1. The fourth-order valence-electron chi connectivity index (χ4n) is 4.35. The summed E-state index contributed by atoms with van der Waals surface area (Å²) >= 11 is 6.10. The molecule has 1 N–H and O–H groups in total. The van der Waals surface area contributed by atoms with Crippen LogP contribution < -0.4 is 10.2 Å². The number of carbonyl (C=O) groups excluding carboxylic acids is 1. The molecule has 1 atom stereocenters. The third-order valence-electron chi connectivity index (χ3n) is 6.08. The first-order valence-corrected chi connectivity index (χ1v) is 11.0. The van der Waals surface area contributed by atoms with E-state index in [2.05, 4.69) is 20.2 Å². The van der Waals surface area contributed by atoms with Gasteiger partial charge < -0.3 is 15.0 Å². The molecule has 3 aromatic heterocycles. The standard InChI is InChI=1S/C23H24ClN5O2/c24-21-12-16(1-7-26-21)20-11-17-13-25-6-2-19(17)22(28-20)29-8-3-15(4-9-29)23(30)27-18-5-10-31-14-18/h1-2,6-7,11-13,15,18H,3-5,8-10,14H2,(H,27,30). The van der Waals surface area contributed by atoms with E-state index in [4.69, 9.17) is 21.3 Å². The molecule has 1 unspecified atom stereocenters. The average Bonchev–Trinajstić information content (AvgIpc) is 3.31. The number of aromatic nitrogens is 3. The van der Waals surface area contributed by atoms with Gasteiger partial charge in [0, 0.05) is 60.5 Å². The maximum atomic E-state index is 12.7. The number of hydrogen-bond acceptors (Lipinski definition) is 6. The average molecular weight is 438 g/mol. The summed E-state index contributed by atoms with van der Waals surface area (Å²) < 4.78 is 5.37. The first-order valence-electron chi connectivity index (χ1n) is 10.7. The first kappa shape index (κ1) is 20.2. The largest absolute Gasteiger partial charge is 0.379 e. The summed E-state index contributed by atoms with van der Waals surface area (Å²) in [5.41, 5.74) is 1.75. The molecule has 3 aromatic rings. The van der Waals surface area contributed by atoms with Crippen LogP contribution in [0, 0.1) is 5.92 Å². The number of rotatable bonds is 4. The molecule has 0 radical (unpaired) electrons. The van der Waals surface area contributed by atoms with E-state index in [0.717, 1.165) is 66.8 Å². The Morgan fingerprint density at radius 2 is 2.03 bits per heavy atom. The Bertz CT molecular complexity index is 1090. The van der Waals surface area contributed by atoms with Gasteiger partial charge in [-0.15, -0.1) is 0 Å². The highest BCUT2D eigenvalue weighted by atomic mass is 35.5. The number of carbonyl (C=O) groups is 1. The summed E-state index contributed by atoms with van der Waals surface area (Å²) in [5, 5.41) is 5.67. The summed E-state index contributed by atoms with van der Waals surface area (Å²) in [6.07, 6.45) is 7.85. The highest BCUT2D eigenvalue weighted by molar-refractivity contribution is 6.29. The summed E-state index contributed by atoms with van der Waals surface area (Å²) in [4.78, 5) is 28.3. The van der Waals surface area contributed by atoms with Gasteiger partial charge in [0.2, 0.25) is 5.91 Å². The Hall–Kier alpha value is -2.77. The molecule has 0 saturated carbocycles. The number of hydrogen-bond donors (Lipinski definition) is 1. The number of piperidine rings is 1. The number of pyridine rings is 3. The van der Waals surface area contributed by atoms with Gasteiger partial charge in [0.25, 0.3) is 0 Å². The second-order valence-electron chi connectivity index (χ2n) is 8.13. The van der Waals surface area contributed by atoms with Gasteiger partial charge in [-0.2, -0.15) is 0 Å². The van der Waals surface area contributed by atoms with Crippen molar-refractivity contribution in [3.63, 3.8) is 0 Å². The second-order valence-corrected chi connectivity index (χ2v) is 8.51. The van der Waals surface area contributed by atoms with Crippen molar-refractivity contribution in [1.82, 2.24) is 20.3 Å². The zero-order valence-corrected chi connectivity index (χ0v) is 17.9. The molecule has 0 spiro atoms. The van der Waals surface area contributed by atoms with E-state index >= 15 is 0 Å². The van der Waals surface area contributed by atoms with Crippen molar-refractivity contribution in [3.05, 3.63) is 48.0 Å². The minimum atomic E-state index is 0.0342. The molecule has 31 heavy (non-hydrogen) atoms. The highest BCUT2D eigenvalue weighted by Crippen LogP contribution is 2.32. The van der Waals surface area contributed by atoms with Crippen LogP contribution in [-0.4, -0.2) is 53.2 Å². The lowest BCUT2D eigenvalue weighted by Crippen LogP contribution is -2.44. The zero-order valence-electron chi connectivity index (χ0n) is 17.1. The van der Waals surface area contributed by atoms with Crippen molar-refractivity contribution < 1.29 is 9.53 Å². The predicted molar refractivity (Wildman–Crippen MR) is 120 cm³/mol. The van der Waals surface area contributed by atoms with E-state index in [1.165, 1.54) is 0 Å². The normalized spacial score (nSPS) is 19.6. The van der Waals surface area contributed by atoms with Gasteiger partial charge in [0.1, 0.15) is 11.0 Å². The van der Waals surface area contributed by atoms with Crippen molar-refractivity contribution in [2.75, 3.05) is 31.2 Å². The van der Waals surface area contributed by atoms with Crippen molar-refractivity contribution >= 4 is 34.1 Å². The van der Waals surface area contributed by atoms with Gasteiger partial charge in [-0.05, 0) is 43.5 Å². The molecule has 2 aliphatic heterocycles. The fourth-order valence-corrected chi connectivity index (χ4v) is 4.52. The number of nitrogens with zero attached hydrogens (tertiary/aromatic N) is 4. The SMILES string of the molecule is O=C(NC1CCOC1)C1CCN(c2nc(-c3ccnc(Cl)c3)cc3cnccc23)CC1. The van der Waals surface area contributed by atoms with E-state index < -0.39 is 0 Å². The number of halogens is 1. The van der Waals surface area contributed by atoms with Gasteiger partial charge in [-0.25, -0.2) is 9.97 Å². The van der Waals surface area contributed by atoms with Gasteiger partial charge >= 0.3 is 0 Å². The maximum Gasteiger partial charge on any atom is 0.223 e. The molecule has 5 heterocycles. The maximum absolute atomic E-state index is 12.7. The van der Waals surface area contributed by atoms with Crippen LogP contribution in [0.5, 0.6) is 0 Å². The lowest BCUT2D eigenvalue weighted by molar-refractivity contribution is -0.126. The lowest BCUT2D eigenvalue weighted by Gasteiger charge is -2.33.